The number of hydrogen-bond acceptors (Lipinski definition) is 5. The molecule has 6 nitrogen and oxygen atoms in total. The minimum Gasteiger partial charge on any atom is -0.487 e. The van der Waals surface area contributed by atoms with Crippen molar-refractivity contribution in [3.8, 4) is 5.75 Å². The van der Waals surface area contributed by atoms with E-state index in [0.717, 1.165) is 0 Å². The van der Waals surface area contributed by atoms with Gasteiger partial charge in [-0.3, -0.25) is 10.1 Å². The number of non-ortho nitro benzene ring substituents is 1. The number of nitro groups is 1. The number of rotatable bonds is 5. The van der Waals surface area contributed by atoms with Crippen molar-refractivity contribution in [3.63, 3.8) is 0 Å². The van der Waals surface area contributed by atoms with Crippen LogP contribution in [0.3, 0.4) is 0 Å². The Morgan fingerprint density at radius 3 is 2.86 bits per heavy atom. The summed E-state index contributed by atoms with van der Waals surface area (Å²) < 4.78 is 6.10. The molecule has 0 aliphatic carbocycles. The van der Waals surface area contributed by atoms with E-state index < -0.39 is 4.92 Å². The highest BCUT2D eigenvalue weighted by Gasteiger charge is 2.11. The number of aromatic nitrogens is 1. The molecule has 0 bridgehead atoms. The smallest absolute Gasteiger partial charge is 0.274 e. The summed E-state index contributed by atoms with van der Waals surface area (Å²) in [6.45, 7) is 0.113. The zero-order chi connectivity index (χ0) is 15.4. The Kier molecular flexibility index (Phi) is 4.98. The largest absolute Gasteiger partial charge is 0.487 e. The third-order valence-corrected chi connectivity index (χ3v) is 3.42. The average molecular weight is 373 g/mol. The zero-order valence-electron chi connectivity index (χ0n) is 11.0. The molecule has 1 aromatic carbocycles. The Hall–Kier alpha value is -1.86. The first-order valence-corrected chi connectivity index (χ1v) is 7.07. The highest BCUT2D eigenvalue weighted by molar-refractivity contribution is 9.10. The van der Waals surface area contributed by atoms with Gasteiger partial charge in [-0.25, -0.2) is 4.98 Å². The highest BCUT2D eigenvalue weighted by Crippen LogP contribution is 2.27. The van der Waals surface area contributed by atoms with E-state index in [1.807, 2.05) is 0 Å². The molecule has 0 aliphatic heterocycles. The fourth-order valence-electron chi connectivity index (χ4n) is 1.61. The van der Waals surface area contributed by atoms with Crippen molar-refractivity contribution in [1.29, 1.82) is 0 Å². The first-order chi connectivity index (χ1) is 9.99. The maximum Gasteiger partial charge on any atom is 0.274 e. The standard InChI is InChI=1S/C13H11BrClN3O3/c1-16-13-3-2-11(15)12(17-13)7-21-10-5-8(14)4-9(6-10)18(19)20/h2-6H,7H2,1H3,(H,16,17). The molecule has 0 fully saturated rings. The summed E-state index contributed by atoms with van der Waals surface area (Å²) in [5.41, 5.74) is 0.494. The van der Waals surface area contributed by atoms with Crippen LogP contribution in [-0.2, 0) is 6.61 Å². The van der Waals surface area contributed by atoms with Crippen molar-refractivity contribution in [3.05, 3.63) is 55.6 Å². The van der Waals surface area contributed by atoms with Crippen molar-refractivity contribution in [1.82, 2.24) is 4.98 Å². The summed E-state index contributed by atoms with van der Waals surface area (Å²) in [6.07, 6.45) is 0. The van der Waals surface area contributed by atoms with Crippen LogP contribution in [0, 0.1) is 10.1 Å². The molecule has 0 unspecified atom stereocenters. The van der Waals surface area contributed by atoms with Crippen molar-refractivity contribution in [2.45, 2.75) is 6.61 Å². The molecule has 8 heteroatoms. The quantitative estimate of drug-likeness (QED) is 0.633. The Morgan fingerprint density at radius 1 is 1.43 bits per heavy atom. The Labute approximate surface area is 134 Å². The molecule has 0 radical (unpaired) electrons. The third kappa shape index (κ3) is 4.05. The number of nitrogens with one attached hydrogen (secondary N) is 1. The molecule has 0 spiro atoms. The van der Waals surface area contributed by atoms with Gasteiger partial charge in [-0.15, -0.1) is 0 Å². The lowest BCUT2D eigenvalue weighted by atomic mass is 10.3. The van der Waals surface area contributed by atoms with E-state index >= 15 is 0 Å². The zero-order valence-corrected chi connectivity index (χ0v) is 13.3. The van der Waals surface area contributed by atoms with E-state index in [2.05, 4.69) is 26.2 Å². The highest BCUT2D eigenvalue weighted by atomic mass is 79.9. The van der Waals surface area contributed by atoms with E-state index in [1.54, 1.807) is 25.2 Å². The van der Waals surface area contributed by atoms with E-state index in [-0.39, 0.29) is 12.3 Å². The van der Waals surface area contributed by atoms with Gasteiger partial charge in [-0.1, -0.05) is 27.5 Å². The monoisotopic (exact) mass is 371 g/mol. The lowest BCUT2D eigenvalue weighted by Crippen LogP contribution is -2.02. The molecule has 1 heterocycles. The molecule has 1 aromatic heterocycles. The number of ether oxygens (including phenoxy) is 1. The Morgan fingerprint density at radius 2 is 2.19 bits per heavy atom. The molecule has 0 amide bonds. The van der Waals surface area contributed by atoms with Gasteiger partial charge in [0.05, 0.1) is 21.7 Å². The Bertz CT molecular complexity index is 682. The van der Waals surface area contributed by atoms with Crippen molar-refractivity contribution < 1.29 is 9.66 Å². The van der Waals surface area contributed by atoms with Crippen LogP contribution in [0.15, 0.2) is 34.8 Å². The summed E-state index contributed by atoms with van der Waals surface area (Å²) >= 11 is 9.25. The number of halogens is 2. The summed E-state index contributed by atoms with van der Waals surface area (Å²) in [5.74, 6) is 1.03. The number of pyridine rings is 1. The van der Waals surface area contributed by atoms with Crippen LogP contribution >= 0.6 is 27.5 Å². The number of nitrogens with zero attached hydrogens (tertiary/aromatic N) is 2. The van der Waals surface area contributed by atoms with Gasteiger partial charge in [0.15, 0.2) is 0 Å². The van der Waals surface area contributed by atoms with Crippen LogP contribution < -0.4 is 10.1 Å². The molecule has 1 N–H and O–H groups in total. The summed E-state index contributed by atoms with van der Waals surface area (Å²) in [7, 11) is 1.75. The van der Waals surface area contributed by atoms with E-state index in [1.165, 1.54) is 12.1 Å². The maximum absolute atomic E-state index is 10.8. The van der Waals surface area contributed by atoms with Gasteiger partial charge in [-0.05, 0) is 18.2 Å². The number of benzene rings is 1. The predicted octanol–water partition coefficient (Wildman–Crippen LogP) is 4.03. The van der Waals surface area contributed by atoms with Gasteiger partial charge < -0.3 is 10.1 Å². The first-order valence-electron chi connectivity index (χ1n) is 5.90. The van der Waals surface area contributed by atoms with Crippen molar-refractivity contribution in [2.75, 3.05) is 12.4 Å². The number of nitro benzene ring substituents is 1. The van der Waals surface area contributed by atoms with Crippen LogP contribution in [0.4, 0.5) is 11.5 Å². The van der Waals surface area contributed by atoms with Gasteiger partial charge in [-0.2, -0.15) is 0 Å². The normalized spacial score (nSPS) is 10.2. The molecular formula is C13H11BrClN3O3. The van der Waals surface area contributed by atoms with Crippen LogP contribution in [0.2, 0.25) is 5.02 Å². The third-order valence-electron chi connectivity index (χ3n) is 2.62. The molecule has 2 rings (SSSR count). The van der Waals surface area contributed by atoms with Gasteiger partial charge in [0.1, 0.15) is 18.2 Å². The molecule has 0 saturated carbocycles. The first kappa shape index (κ1) is 15.5. The molecular weight excluding hydrogens is 362 g/mol. The van der Waals surface area contributed by atoms with Crippen molar-refractivity contribution in [2.24, 2.45) is 0 Å². The topological polar surface area (TPSA) is 77.3 Å². The predicted molar refractivity (Wildman–Crippen MR) is 83.9 cm³/mol. The van der Waals surface area contributed by atoms with Crippen LogP contribution in [0.1, 0.15) is 5.69 Å². The second-order valence-electron chi connectivity index (χ2n) is 4.07. The summed E-state index contributed by atoms with van der Waals surface area (Å²) in [4.78, 5) is 14.6. The molecule has 0 saturated heterocycles. The van der Waals surface area contributed by atoms with Crippen LogP contribution in [-0.4, -0.2) is 17.0 Å². The summed E-state index contributed by atoms with van der Waals surface area (Å²) in [6, 6.07) is 7.85. The van der Waals surface area contributed by atoms with Gasteiger partial charge >= 0.3 is 0 Å². The molecule has 2 aromatic rings. The molecule has 0 aliphatic rings. The lowest BCUT2D eigenvalue weighted by molar-refractivity contribution is -0.385. The lowest BCUT2D eigenvalue weighted by Gasteiger charge is -2.09. The second-order valence-corrected chi connectivity index (χ2v) is 5.39. The summed E-state index contributed by atoms with van der Waals surface area (Å²) in [5, 5.41) is 14.2. The number of anilines is 1. The Balaban J connectivity index is 2.18. The van der Waals surface area contributed by atoms with E-state index in [4.69, 9.17) is 16.3 Å². The van der Waals surface area contributed by atoms with E-state index in [9.17, 15) is 10.1 Å². The number of hydrogen-bond donors (Lipinski definition) is 1. The SMILES string of the molecule is CNc1ccc(Cl)c(COc2cc(Br)cc([N+](=O)[O-])c2)n1. The van der Waals surface area contributed by atoms with Crippen molar-refractivity contribution >= 4 is 39.0 Å². The fourth-order valence-corrected chi connectivity index (χ4v) is 2.23. The second kappa shape index (κ2) is 6.73. The van der Waals surface area contributed by atoms with Gasteiger partial charge in [0.2, 0.25) is 0 Å². The van der Waals surface area contributed by atoms with Gasteiger partial charge in [0, 0.05) is 17.6 Å². The molecule has 110 valence electrons. The van der Waals surface area contributed by atoms with Gasteiger partial charge in [0.25, 0.3) is 5.69 Å². The minimum atomic E-state index is -0.482. The van der Waals surface area contributed by atoms with E-state index in [0.29, 0.717) is 26.8 Å². The average Bonchev–Trinajstić information content (AvgIpc) is 2.46. The molecule has 0 atom stereocenters. The molecule has 21 heavy (non-hydrogen) atoms. The fraction of sp³-hybridized carbons (Fsp3) is 0.154. The van der Waals surface area contributed by atoms with Crippen LogP contribution in [0.5, 0.6) is 5.75 Å². The maximum atomic E-state index is 10.8. The van der Waals surface area contributed by atoms with Crippen LogP contribution in [0.25, 0.3) is 0 Å². The minimum absolute atomic E-state index is 0.0533.